The van der Waals surface area contributed by atoms with E-state index in [9.17, 15) is 9.59 Å². The van der Waals surface area contributed by atoms with E-state index in [1.54, 1.807) is 11.3 Å². The average Bonchev–Trinajstić information content (AvgIpc) is 2.82. The Labute approximate surface area is 122 Å². The molecule has 1 amide bonds. The minimum Gasteiger partial charge on any atom is -0.481 e. The molecule has 1 N–H and O–H groups in total. The maximum absolute atomic E-state index is 12.2. The second kappa shape index (κ2) is 6.83. The number of hydrogen-bond donors (Lipinski definition) is 1. The highest BCUT2D eigenvalue weighted by atomic mass is 32.1. The van der Waals surface area contributed by atoms with Gasteiger partial charge in [-0.25, -0.2) is 4.98 Å². The summed E-state index contributed by atoms with van der Waals surface area (Å²) in [6.07, 6.45) is 3.20. The third-order valence-corrected chi connectivity index (χ3v) is 4.46. The molecule has 1 unspecified atom stereocenters. The summed E-state index contributed by atoms with van der Waals surface area (Å²) in [5.41, 5.74) is 0.838. The zero-order chi connectivity index (χ0) is 14.5. The molecule has 110 valence electrons. The molecule has 20 heavy (non-hydrogen) atoms. The van der Waals surface area contributed by atoms with Gasteiger partial charge in [0.1, 0.15) is 0 Å². The van der Waals surface area contributed by atoms with Crippen molar-refractivity contribution in [2.75, 3.05) is 13.1 Å². The number of nitrogens with zero attached hydrogens (tertiary/aromatic N) is 2. The molecule has 2 heterocycles. The summed E-state index contributed by atoms with van der Waals surface area (Å²) in [5.74, 6) is -0.331. The van der Waals surface area contributed by atoms with Crippen LogP contribution in [-0.2, 0) is 16.0 Å². The van der Waals surface area contributed by atoms with Gasteiger partial charge in [-0.1, -0.05) is 0 Å². The fraction of sp³-hybridized carbons (Fsp3) is 0.643. The van der Waals surface area contributed by atoms with E-state index in [0.717, 1.165) is 30.1 Å². The van der Waals surface area contributed by atoms with E-state index in [1.807, 2.05) is 17.2 Å². The number of carbonyl (C=O) groups is 2. The first-order valence-electron chi connectivity index (χ1n) is 6.95. The van der Waals surface area contributed by atoms with Gasteiger partial charge in [-0.15, -0.1) is 11.3 Å². The van der Waals surface area contributed by atoms with Crippen molar-refractivity contribution in [3.63, 3.8) is 0 Å². The van der Waals surface area contributed by atoms with Gasteiger partial charge in [0, 0.05) is 24.9 Å². The number of amides is 1. The van der Waals surface area contributed by atoms with Crippen LogP contribution in [0, 0.1) is 12.8 Å². The Bertz CT molecular complexity index is 487. The predicted octanol–water partition coefficient (Wildman–Crippen LogP) is 2.10. The summed E-state index contributed by atoms with van der Waals surface area (Å²) in [6, 6.07) is 0. The maximum atomic E-state index is 12.2. The van der Waals surface area contributed by atoms with E-state index in [0.29, 0.717) is 25.3 Å². The smallest absolute Gasteiger partial charge is 0.303 e. The maximum Gasteiger partial charge on any atom is 0.303 e. The lowest BCUT2D eigenvalue weighted by atomic mass is 9.93. The zero-order valence-electron chi connectivity index (χ0n) is 11.7. The highest BCUT2D eigenvalue weighted by Crippen LogP contribution is 2.22. The Kier molecular flexibility index (Phi) is 5.11. The Morgan fingerprint density at radius 2 is 2.35 bits per heavy atom. The molecule has 1 fully saturated rings. The standard InChI is InChI=1S/C14H20N2O3S/c1-10-15-12(9-20-10)7-13(17)16-6-2-3-11(8-16)4-5-14(18)19/h9,11H,2-8H2,1H3,(H,18,19). The van der Waals surface area contributed by atoms with Crippen molar-refractivity contribution in [3.05, 3.63) is 16.1 Å². The Balaban J connectivity index is 1.84. The zero-order valence-corrected chi connectivity index (χ0v) is 12.5. The summed E-state index contributed by atoms with van der Waals surface area (Å²) in [7, 11) is 0. The number of carboxylic acids is 1. The minimum atomic E-state index is -0.758. The molecular weight excluding hydrogens is 276 g/mol. The summed E-state index contributed by atoms with van der Waals surface area (Å²) < 4.78 is 0. The van der Waals surface area contributed by atoms with E-state index in [4.69, 9.17) is 5.11 Å². The number of rotatable bonds is 5. The molecule has 0 spiro atoms. The van der Waals surface area contributed by atoms with Crippen LogP contribution < -0.4 is 0 Å². The minimum absolute atomic E-state index is 0.107. The summed E-state index contributed by atoms with van der Waals surface area (Å²) in [5, 5.41) is 11.6. The van der Waals surface area contributed by atoms with Gasteiger partial charge in [0.15, 0.2) is 0 Å². The lowest BCUT2D eigenvalue weighted by Crippen LogP contribution is -2.40. The number of carbonyl (C=O) groups excluding carboxylic acids is 1. The van der Waals surface area contributed by atoms with Crippen molar-refractivity contribution >= 4 is 23.2 Å². The quantitative estimate of drug-likeness (QED) is 0.903. The second-order valence-electron chi connectivity index (χ2n) is 5.32. The molecule has 1 aliphatic heterocycles. The monoisotopic (exact) mass is 296 g/mol. The number of aliphatic carboxylic acids is 1. The molecule has 0 bridgehead atoms. The van der Waals surface area contributed by atoms with Crippen molar-refractivity contribution in [1.29, 1.82) is 0 Å². The molecule has 0 aromatic carbocycles. The molecule has 0 radical (unpaired) electrons. The van der Waals surface area contributed by atoms with Crippen molar-refractivity contribution in [2.45, 2.75) is 39.0 Å². The number of likely N-dealkylation sites (tertiary alicyclic amines) is 1. The van der Waals surface area contributed by atoms with E-state index >= 15 is 0 Å². The van der Waals surface area contributed by atoms with Crippen molar-refractivity contribution in [1.82, 2.24) is 9.88 Å². The van der Waals surface area contributed by atoms with Crippen LogP contribution in [0.4, 0.5) is 0 Å². The number of aromatic nitrogens is 1. The van der Waals surface area contributed by atoms with Gasteiger partial charge in [-0.3, -0.25) is 9.59 Å². The molecule has 1 aromatic rings. The highest BCUT2D eigenvalue weighted by Gasteiger charge is 2.24. The van der Waals surface area contributed by atoms with E-state index < -0.39 is 5.97 Å². The highest BCUT2D eigenvalue weighted by molar-refractivity contribution is 7.09. The lowest BCUT2D eigenvalue weighted by molar-refractivity contribution is -0.137. The van der Waals surface area contributed by atoms with Gasteiger partial charge in [-0.05, 0) is 32.1 Å². The van der Waals surface area contributed by atoms with Crippen LogP contribution in [0.2, 0.25) is 0 Å². The molecule has 5 nitrogen and oxygen atoms in total. The van der Waals surface area contributed by atoms with Crippen LogP contribution >= 0.6 is 11.3 Å². The topological polar surface area (TPSA) is 70.5 Å². The van der Waals surface area contributed by atoms with E-state index in [2.05, 4.69) is 4.98 Å². The number of carboxylic acid groups (broad SMARTS) is 1. The van der Waals surface area contributed by atoms with Gasteiger partial charge in [-0.2, -0.15) is 0 Å². The number of thiazole rings is 1. The Morgan fingerprint density at radius 3 is 3.00 bits per heavy atom. The largest absolute Gasteiger partial charge is 0.481 e. The van der Waals surface area contributed by atoms with Crippen molar-refractivity contribution in [3.8, 4) is 0 Å². The van der Waals surface area contributed by atoms with Crippen LogP contribution in [0.15, 0.2) is 5.38 Å². The lowest BCUT2D eigenvalue weighted by Gasteiger charge is -2.32. The van der Waals surface area contributed by atoms with Gasteiger partial charge in [0.05, 0.1) is 17.1 Å². The normalized spacial score (nSPS) is 19.1. The molecule has 2 rings (SSSR count). The van der Waals surface area contributed by atoms with Crippen molar-refractivity contribution in [2.24, 2.45) is 5.92 Å². The first-order valence-corrected chi connectivity index (χ1v) is 7.83. The number of hydrogen-bond acceptors (Lipinski definition) is 4. The van der Waals surface area contributed by atoms with E-state index in [-0.39, 0.29) is 12.3 Å². The van der Waals surface area contributed by atoms with Crippen LogP contribution in [0.25, 0.3) is 0 Å². The second-order valence-corrected chi connectivity index (χ2v) is 6.38. The van der Waals surface area contributed by atoms with Crippen LogP contribution in [-0.4, -0.2) is 40.0 Å². The molecule has 0 saturated carbocycles. The molecule has 1 saturated heterocycles. The molecule has 0 aliphatic carbocycles. The molecular formula is C14H20N2O3S. The van der Waals surface area contributed by atoms with Crippen LogP contribution in [0.1, 0.15) is 36.4 Å². The molecule has 1 atom stereocenters. The number of piperidine rings is 1. The summed E-state index contributed by atoms with van der Waals surface area (Å²) in [6.45, 7) is 3.40. The molecule has 1 aromatic heterocycles. The third kappa shape index (κ3) is 4.30. The first kappa shape index (κ1) is 15.0. The van der Waals surface area contributed by atoms with Crippen molar-refractivity contribution < 1.29 is 14.7 Å². The molecule has 1 aliphatic rings. The van der Waals surface area contributed by atoms with Crippen LogP contribution in [0.3, 0.4) is 0 Å². The summed E-state index contributed by atoms with van der Waals surface area (Å²) in [4.78, 5) is 29.0. The Morgan fingerprint density at radius 1 is 1.55 bits per heavy atom. The average molecular weight is 296 g/mol. The molecule has 6 heteroatoms. The predicted molar refractivity (Wildman–Crippen MR) is 76.7 cm³/mol. The third-order valence-electron chi connectivity index (χ3n) is 3.64. The van der Waals surface area contributed by atoms with Gasteiger partial charge >= 0.3 is 5.97 Å². The van der Waals surface area contributed by atoms with E-state index in [1.165, 1.54) is 0 Å². The van der Waals surface area contributed by atoms with Crippen LogP contribution in [0.5, 0.6) is 0 Å². The van der Waals surface area contributed by atoms with Gasteiger partial charge in [0.25, 0.3) is 0 Å². The fourth-order valence-corrected chi connectivity index (χ4v) is 3.22. The van der Waals surface area contributed by atoms with Gasteiger partial charge in [0.2, 0.25) is 5.91 Å². The first-order chi connectivity index (χ1) is 9.54. The summed E-state index contributed by atoms with van der Waals surface area (Å²) >= 11 is 1.56. The SMILES string of the molecule is Cc1nc(CC(=O)N2CCCC(CCC(=O)O)C2)cs1. The number of aryl methyl sites for hydroxylation is 1. The fourth-order valence-electron chi connectivity index (χ4n) is 2.61. The Hall–Kier alpha value is -1.43. The van der Waals surface area contributed by atoms with Gasteiger partial charge < -0.3 is 10.0 Å².